The third-order valence-corrected chi connectivity index (χ3v) is 2.66. The normalized spacial score (nSPS) is 13.5. The number of aliphatic hydroxyl groups is 1. The Morgan fingerprint density at radius 3 is 2.80 bits per heavy atom. The number of alkyl halides is 1. The van der Waals surface area contributed by atoms with Crippen molar-refractivity contribution in [3.05, 3.63) is 22.1 Å². The molecule has 1 heterocycles. The monoisotopic (exact) mass is 224 g/mol. The van der Waals surface area contributed by atoms with Gasteiger partial charge in [0, 0.05) is 10.2 Å². The van der Waals surface area contributed by atoms with E-state index in [1.807, 2.05) is 0 Å². The first-order valence-corrected chi connectivity index (χ1v) is 4.67. The highest BCUT2D eigenvalue weighted by Gasteiger charge is 2.07. The lowest BCUT2D eigenvalue weighted by Gasteiger charge is -2.00. The van der Waals surface area contributed by atoms with E-state index in [0.29, 0.717) is 10.2 Å². The van der Waals surface area contributed by atoms with Crippen LogP contribution in [-0.4, -0.2) is 10.4 Å². The molecule has 0 bridgehead atoms. The molecule has 1 rings (SSSR count). The minimum Gasteiger partial charge on any atom is -0.387 e. The Bertz CT molecular complexity index is 213. The second-order valence-electron chi connectivity index (χ2n) is 1.81. The van der Waals surface area contributed by atoms with Gasteiger partial charge in [0.1, 0.15) is 0 Å². The minimum atomic E-state index is -0.575. The zero-order chi connectivity index (χ0) is 7.56. The van der Waals surface area contributed by atoms with Crippen LogP contribution in [-0.2, 0) is 0 Å². The first-order chi connectivity index (χ1) is 4.74. The number of rotatable bonds is 2. The second-order valence-corrected chi connectivity index (χ2v) is 3.52. The highest BCUT2D eigenvalue weighted by Crippen LogP contribution is 2.22. The molecule has 1 aromatic rings. The summed E-state index contributed by atoms with van der Waals surface area (Å²) in [5.41, 5.74) is 0. The van der Waals surface area contributed by atoms with E-state index in [4.69, 9.17) is 5.11 Å². The number of hydrogen-bond acceptors (Lipinski definition) is 2. The number of halogens is 2. The van der Waals surface area contributed by atoms with Crippen molar-refractivity contribution in [3.8, 4) is 0 Å². The molecule has 1 nitrogen and oxygen atoms in total. The molecule has 0 aromatic carbocycles. The van der Waals surface area contributed by atoms with E-state index in [2.05, 4.69) is 15.9 Å². The van der Waals surface area contributed by atoms with E-state index in [1.165, 1.54) is 6.07 Å². The molecule has 0 aliphatic carbocycles. The molecular formula is C6H6BrFOS. The van der Waals surface area contributed by atoms with Gasteiger partial charge < -0.3 is 5.11 Å². The lowest BCUT2D eigenvalue weighted by molar-refractivity contribution is 0.209. The summed E-state index contributed by atoms with van der Waals surface area (Å²) in [6.45, 7) is 0. The Labute approximate surface area is 70.6 Å². The summed E-state index contributed by atoms with van der Waals surface area (Å²) in [5.74, 6) is 0. The van der Waals surface area contributed by atoms with Crippen LogP contribution < -0.4 is 0 Å². The average Bonchev–Trinajstić information content (AvgIpc) is 2.34. The number of hydrogen-bond donors (Lipinski definition) is 1. The van der Waals surface area contributed by atoms with Gasteiger partial charge in [0.15, 0.2) is 5.13 Å². The molecule has 0 radical (unpaired) electrons. The summed E-state index contributed by atoms with van der Waals surface area (Å²) in [6.07, 6.45) is -0.575. The van der Waals surface area contributed by atoms with Crippen LogP contribution in [0.3, 0.4) is 0 Å². The molecule has 56 valence electrons. The predicted octanol–water partition coefficient (Wildman–Crippen LogP) is 2.32. The first-order valence-electron chi connectivity index (χ1n) is 2.73. The Balaban J connectivity index is 2.74. The molecule has 0 aliphatic heterocycles. The van der Waals surface area contributed by atoms with Crippen molar-refractivity contribution in [3.63, 3.8) is 0 Å². The summed E-state index contributed by atoms with van der Waals surface area (Å²) < 4.78 is 12.3. The average molecular weight is 225 g/mol. The third kappa shape index (κ3) is 1.78. The minimum absolute atomic E-state index is 0.255. The maximum atomic E-state index is 12.3. The van der Waals surface area contributed by atoms with Gasteiger partial charge >= 0.3 is 0 Å². The topological polar surface area (TPSA) is 20.2 Å². The molecule has 1 unspecified atom stereocenters. The Kier molecular flexibility index (Phi) is 2.82. The van der Waals surface area contributed by atoms with Gasteiger partial charge in [0.05, 0.1) is 6.10 Å². The largest absolute Gasteiger partial charge is 0.387 e. The second kappa shape index (κ2) is 3.46. The maximum Gasteiger partial charge on any atom is 0.176 e. The van der Waals surface area contributed by atoms with Crippen molar-refractivity contribution in [2.45, 2.75) is 6.10 Å². The van der Waals surface area contributed by atoms with E-state index in [-0.39, 0.29) is 5.13 Å². The van der Waals surface area contributed by atoms with Gasteiger partial charge in [-0.15, -0.1) is 11.3 Å². The Morgan fingerprint density at radius 2 is 2.40 bits per heavy atom. The molecule has 0 aliphatic rings. The van der Waals surface area contributed by atoms with Crippen LogP contribution in [0.5, 0.6) is 0 Å². The fourth-order valence-electron chi connectivity index (χ4n) is 0.583. The highest BCUT2D eigenvalue weighted by atomic mass is 79.9. The summed E-state index contributed by atoms with van der Waals surface area (Å²) in [4.78, 5) is 0.661. The molecule has 0 saturated carbocycles. The van der Waals surface area contributed by atoms with Crippen molar-refractivity contribution in [1.82, 2.24) is 0 Å². The van der Waals surface area contributed by atoms with Crippen LogP contribution in [0.1, 0.15) is 11.0 Å². The zero-order valence-corrected chi connectivity index (χ0v) is 7.45. The van der Waals surface area contributed by atoms with Gasteiger partial charge in [-0.25, -0.2) is 0 Å². The van der Waals surface area contributed by atoms with Gasteiger partial charge in [0.25, 0.3) is 0 Å². The molecule has 0 spiro atoms. The fourth-order valence-corrected chi connectivity index (χ4v) is 1.86. The van der Waals surface area contributed by atoms with Gasteiger partial charge in [-0.2, -0.15) is 4.39 Å². The summed E-state index contributed by atoms with van der Waals surface area (Å²) in [7, 11) is 0. The Hall–Kier alpha value is 0.0700. The maximum absolute atomic E-state index is 12.3. The standard InChI is InChI=1S/C6H6BrFOS/c7-3-4(9)5-1-2-6(8)10-5/h1-2,4,9H,3H2. The van der Waals surface area contributed by atoms with Crippen molar-refractivity contribution in [2.24, 2.45) is 0 Å². The van der Waals surface area contributed by atoms with Gasteiger partial charge in [-0.1, -0.05) is 15.9 Å². The van der Waals surface area contributed by atoms with Crippen molar-refractivity contribution >= 4 is 27.3 Å². The summed E-state index contributed by atoms with van der Waals surface area (Å²) in [5, 5.41) is 9.34. The van der Waals surface area contributed by atoms with Crippen LogP contribution in [0.15, 0.2) is 12.1 Å². The van der Waals surface area contributed by atoms with E-state index in [0.717, 1.165) is 11.3 Å². The Morgan fingerprint density at radius 1 is 1.70 bits per heavy atom. The third-order valence-electron chi connectivity index (χ3n) is 1.07. The van der Waals surface area contributed by atoms with E-state index in [1.54, 1.807) is 6.07 Å². The first kappa shape index (κ1) is 8.17. The number of thiophene rings is 1. The number of aliphatic hydroxyl groups excluding tert-OH is 1. The zero-order valence-electron chi connectivity index (χ0n) is 5.05. The highest BCUT2D eigenvalue weighted by molar-refractivity contribution is 9.09. The van der Waals surface area contributed by atoms with E-state index in [9.17, 15) is 4.39 Å². The molecular weight excluding hydrogens is 219 g/mol. The van der Waals surface area contributed by atoms with Crippen LogP contribution in [0.4, 0.5) is 4.39 Å². The van der Waals surface area contributed by atoms with Gasteiger partial charge in [-0.3, -0.25) is 0 Å². The molecule has 0 saturated heterocycles. The molecule has 0 amide bonds. The summed E-state index contributed by atoms with van der Waals surface area (Å²) in [6, 6.07) is 2.94. The smallest absolute Gasteiger partial charge is 0.176 e. The van der Waals surface area contributed by atoms with Crippen LogP contribution >= 0.6 is 27.3 Å². The molecule has 4 heteroatoms. The molecule has 0 fully saturated rings. The van der Waals surface area contributed by atoms with E-state index < -0.39 is 6.10 Å². The van der Waals surface area contributed by atoms with Crippen molar-refractivity contribution in [2.75, 3.05) is 5.33 Å². The van der Waals surface area contributed by atoms with Crippen molar-refractivity contribution in [1.29, 1.82) is 0 Å². The van der Waals surface area contributed by atoms with Gasteiger partial charge in [-0.05, 0) is 12.1 Å². The van der Waals surface area contributed by atoms with Crippen molar-refractivity contribution < 1.29 is 9.50 Å². The molecule has 1 atom stereocenters. The molecule has 10 heavy (non-hydrogen) atoms. The van der Waals surface area contributed by atoms with Crippen LogP contribution in [0, 0.1) is 5.13 Å². The van der Waals surface area contributed by atoms with Crippen LogP contribution in [0.25, 0.3) is 0 Å². The SMILES string of the molecule is OC(CBr)c1ccc(F)s1. The quantitative estimate of drug-likeness (QED) is 0.765. The predicted molar refractivity (Wildman–Crippen MR) is 43.0 cm³/mol. The molecule has 1 N–H and O–H groups in total. The lowest BCUT2D eigenvalue weighted by atomic mass is 10.3. The summed E-state index contributed by atoms with van der Waals surface area (Å²) >= 11 is 4.07. The van der Waals surface area contributed by atoms with Gasteiger partial charge in [0.2, 0.25) is 0 Å². The lowest BCUT2D eigenvalue weighted by Crippen LogP contribution is -1.93. The van der Waals surface area contributed by atoms with Crippen LogP contribution in [0.2, 0.25) is 0 Å². The fraction of sp³-hybridized carbons (Fsp3) is 0.333. The van der Waals surface area contributed by atoms with E-state index >= 15 is 0 Å². The molecule has 1 aromatic heterocycles.